The highest BCUT2D eigenvalue weighted by Gasteiger charge is 2.29. The summed E-state index contributed by atoms with van der Waals surface area (Å²) in [5, 5.41) is 0. The Kier molecular flexibility index (Phi) is 3.65. The fourth-order valence-electron chi connectivity index (χ4n) is 4.53. The molecule has 164 valence electrons. The van der Waals surface area contributed by atoms with Crippen LogP contribution in [0.1, 0.15) is 36.3 Å². The van der Waals surface area contributed by atoms with Crippen molar-refractivity contribution >= 4 is 11.0 Å². The van der Waals surface area contributed by atoms with Crippen LogP contribution >= 0.6 is 0 Å². The molecule has 5 aromatic rings. The highest BCUT2D eigenvalue weighted by atomic mass is 15.2. The van der Waals surface area contributed by atoms with E-state index in [9.17, 15) is 0 Å². The first-order valence-electron chi connectivity index (χ1n) is 13.8. The molecule has 0 radical (unpaired) electrons. The second-order valence-electron chi connectivity index (χ2n) is 8.42. The molecule has 0 atom stereocenters. The number of fused-ring (bicyclic) bond motifs is 1. The van der Waals surface area contributed by atoms with Gasteiger partial charge >= 0.3 is 0 Å². The first-order chi connectivity index (χ1) is 18.3. The van der Waals surface area contributed by atoms with Gasteiger partial charge in [0.2, 0.25) is 0 Å². The number of rotatable bonds is 3. The third kappa shape index (κ3) is 3.52. The van der Waals surface area contributed by atoms with Gasteiger partial charge in [-0.3, -0.25) is 0 Å². The monoisotopic (exact) mass is 439 g/mol. The van der Waals surface area contributed by atoms with E-state index in [1.807, 2.05) is 87.0 Å². The maximum Gasteiger partial charge on any atom is 0.295 e. The molecule has 0 aliphatic carbocycles. The molecule has 0 aliphatic heterocycles. The van der Waals surface area contributed by atoms with E-state index in [2.05, 4.69) is 9.97 Å². The van der Waals surface area contributed by atoms with Gasteiger partial charge in [-0.2, -0.15) is 4.57 Å². The summed E-state index contributed by atoms with van der Waals surface area (Å²) < 4.78 is 54.9. The van der Waals surface area contributed by atoms with Crippen LogP contribution in [0.3, 0.4) is 0 Å². The van der Waals surface area contributed by atoms with Gasteiger partial charge in [-0.05, 0) is 87.6 Å². The van der Waals surface area contributed by atoms with E-state index >= 15 is 0 Å². The minimum Gasteiger partial charge on any atom is -0.233 e. The fourth-order valence-corrected chi connectivity index (χ4v) is 4.53. The molecule has 4 heteroatoms. The summed E-state index contributed by atoms with van der Waals surface area (Å²) in [6.07, 6.45) is 0. The zero-order valence-electron chi connectivity index (χ0n) is 25.1. The molecule has 0 unspecified atom stereocenters. The number of nitrogens with zero attached hydrogens (tertiary/aromatic N) is 4. The molecule has 0 saturated heterocycles. The number of para-hydroxylation sites is 2. The minimum absolute atomic E-state index is 0.0786. The summed E-state index contributed by atoms with van der Waals surface area (Å²) in [4.78, 5) is 8.99. The quantitative estimate of drug-likeness (QED) is 0.317. The van der Waals surface area contributed by atoms with Crippen LogP contribution in [-0.4, -0.2) is 14.5 Å². The van der Waals surface area contributed by atoms with Crippen molar-refractivity contribution in [3.63, 3.8) is 0 Å². The second kappa shape index (κ2) is 7.96. The lowest BCUT2D eigenvalue weighted by molar-refractivity contribution is -0.633. The Hall–Kier alpha value is -3.79. The first-order valence-corrected chi connectivity index (χ1v) is 10.8. The third-order valence-corrected chi connectivity index (χ3v) is 5.97. The largest absolute Gasteiger partial charge is 0.295 e. The fraction of sp³-hybridized carbons (Fsp3) is 0.207. The normalized spacial score (nSPS) is 14.8. The molecular formula is C29H29N4+. The van der Waals surface area contributed by atoms with Gasteiger partial charge in [-0.25, -0.2) is 14.5 Å². The average Bonchev–Trinajstić information content (AvgIpc) is 3.14. The van der Waals surface area contributed by atoms with Crippen LogP contribution in [0.4, 0.5) is 0 Å². The molecule has 3 aromatic carbocycles. The molecule has 5 rings (SSSR count). The summed E-state index contributed by atoms with van der Waals surface area (Å²) in [5.74, 6) is 0.970. The van der Waals surface area contributed by atoms with Gasteiger partial charge in [0.1, 0.15) is 5.69 Å². The van der Waals surface area contributed by atoms with Crippen LogP contribution in [0.5, 0.6) is 0 Å². The van der Waals surface area contributed by atoms with Gasteiger partial charge in [-0.1, -0.05) is 30.3 Å². The number of aromatic nitrogens is 4. The van der Waals surface area contributed by atoms with Crippen molar-refractivity contribution in [3.8, 4) is 28.5 Å². The van der Waals surface area contributed by atoms with E-state index in [0.29, 0.717) is 28.3 Å². The van der Waals surface area contributed by atoms with Crippen molar-refractivity contribution in [2.24, 2.45) is 7.05 Å². The molecule has 33 heavy (non-hydrogen) atoms. The van der Waals surface area contributed by atoms with E-state index in [1.54, 1.807) is 4.57 Å². The van der Waals surface area contributed by atoms with Gasteiger partial charge in [0, 0.05) is 25.2 Å². The van der Waals surface area contributed by atoms with Crippen molar-refractivity contribution in [1.82, 2.24) is 14.5 Å². The maximum atomic E-state index is 8.53. The molecule has 0 bridgehead atoms. The van der Waals surface area contributed by atoms with E-state index in [4.69, 9.17) is 8.22 Å². The Morgan fingerprint density at radius 1 is 0.788 bits per heavy atom. The molecule has 0 N–H and O–H groups in total. The molecule has 0 spiro atoms. The number of hydrogen-bond acceptors (Lipinski definition) is 2. The molecular weight excluding hydrogens is 404 g/mol. The van der Waals surface area contributed by atoms with Crippen LogP contribution in [0.2, 0.25) is 0 Å². The second-order valence-corrected chi connectivity index (χ2v) is 8.42. The zero-order valence-corrected chi connectivity index (χ0v) is 19.1. The highest BCUT2D eigenvalue weighted by Crippen LogP contribution is 2.33. The van der Waals surface area contributed by atoms with Gasteiger partial charge in [0.05, 0.1) is 12.6 Å². The lowest BCUT2D eigenvalue weighted by Crippen LogP contribution is -2.30. The molecule has 0 amide bonds. The van der Waals surface area contributed by atoms with E-state index in [1.165, 1.54) is 12.1 Å². The number of imidazole rings is 1. The molecule has 2 heterocycles. The predicted octanol–water partition coefficient (Wildman–Crippen LogP) is 6.12. The third-order valence-electron chi connectivity index (χ3n) is 5.97. The Balaban J connectivity index is 1.99. The van der Waals surface area contributed by atoms with Gasteiger partial charge in [0.15, 0.2) is 16.9 Å². The first kappa shape index (κ1) is 15.1. The molecule has 2 aromatic heterocycles. The van der Waals surface area contributed by atoms with Crippen molar-refractivity contribution in [1.29, 1.82) is 0 Å². The van der Waals surface area contributed by atoms with Crippen LogP contribution in [0.15, 0.2) is 66.7 Å². The molecule has 0 fully saturated rings. The summed E-state index contributed by atoms with van der Waals surface area (Å²) in [5.41, 5.74) is 5.11. The van der Waals surface area contributed by atoms with Crippen LogP contribution < -0.4 is 4.57 Å². The summed E-state index contributed by atoms with van der Waals surface area (Å²) >= 11 is 0. The summed E-state index contributed by atoms with van der Waals surface area (Å²) in [6.45, 7) is 0.367. The van der Waals surface area contributed by atoms with E-state index in [0.717, 1.165) is 16.6 Å². The predicted molar refractivity (Wildman–Crippen MR) is 135 cm³/mol. The molecule has 0 aliphatic rings. The van der Waals surface area contributed by atoms with Crippen LogP contribution in [-0.2, 0) is 7.05 Å². The van der Waals surface area contributed by atoms with E-state index < -0.39 is 13.7 Å². The summed E-state index contributed by atoms with van der Waals surface area (Å²) in [6, 6.07) is 20.2. The van der Waals surface area contributed by atoms with Gasteiger partial charge < -0.3 is 0 Å². The lowest BCUT2D eigenvalue weighted by Gasteiger charge is -2.13. The number of hydrogen-bond donors (Lipinski definition) is 0. The topological polar surface area (TPSA) is 34.6 Å². The molecule has 4 nitrogen and oxygen atoms in total. The maximum absolute atomic E-state index is 8.53. The van der Waals surface area contributed by atoms with Crippen molar-refractivity contribution in [2.45, 2.75) is 34.5 Å². The average molecular weight is 440 g/mol. The standard InChI is InChI=1S/C29H29N4/c1-18-11-7-8-12-24(18)29-32(6)25-13-9-10-14-26(25)33(29)27-19(2)15-23(16-20(27)3)28-30-21(4)17-22(5)31-28/h7-17H,1-6H3/q+1/i2D3,3D3. The number of benzene rings is 3. The zero-order chi connectivity index (χ0) is 28.3. The lowest BCUT2D eigenvalue weighted by atomic mass is 10.0. The smallest absolute Gasteiger partial charge is 0.233 e. The van der Waals surface area contributed by atoms with Crippen molar-refractivity contribution in [3.05, 3.63) is 94.8 Å². The summed E-state index contributed by atoms with van der Waals surface area (Å²) in [7, 11) is 1.91. The Morgan fingerprint density at radius 2 is 1.42 bits per heavy atom. The highest BCUT2D eigenvalue weighted by molar-refractivity contribution is 5.81. The Morgan fingerprint density at radius 3 is 2.09 bits per heavy atom. The van der Waals surface area contributed by atoms with Crippen molar-refractivity contribution in [2.75, 3.05) is 0 Å². The van der Waals surface area contributed by atoms with Gasteiger partial charge in [-0.15, -0.1) is 0 Å². The van der Waals surface area contributed by atoms with Crippen molar-refractivity contribution < 1.29 is 12.8 Å². The Bertz CT molecular complexity index is 1680. The van der Waals surface area contributed by atoms with Crippen LogP contribution in [0.25, 0.3) is 39.5 Å². The molecule has 0 saturated carbocycles. The number of aryl methyl sites for hydroxylation is 6. The SMILES string of the molecule is [2H]C([2H])([2H])c1cc(-c2nc(C)cc(C)n2)cc(C([2H])([2H])[2H])c1-n1c(-c2ccccc2C)[n+](C)c2ccccc21. The van der Waals surface area contributed by atoms with Gasteiger partial charge in [0.25, 0.3) is 5.82 Å². The van der Waals surface area contributed by atoms with E-state index in [-0.39, 0.29) is 22.6 Å². The minimum atomic E-state index is -2.63. The Labute approximate surface area is 203 Å². The van der Waals surface area contributed by atoms with Crippen LogP contribution in [0, 0.1) is 34.5 Å².